The number of halogens is 1. The second kappa shape index (κ2) is 8.68. The van der Waals surface area contributed by atoms with Gasteiger partial charge in [-0.05, 0) is 25.8 Å². The van der Waals surface area contributed by atoms with E-state index in [0.717, 1.165) is 6.42 Å². The minimum Gasteiger partial charge on any atom is -0.471 e. The highest BCUT2D eigenvalue weighted by Crippen LogP contribution is 2.26. The van der Waals surface area contributed by atoms with Crippen molar-refractivity contribution in [1.29, 1.82) is 0 Å². The lowest BCUT2D eigenvalue weighted by molar-refractivity contribution is -0.149. The molecule has 0 aliphatic carbocycles. The Balaban J connectivity index is 1.58. The van der Waals surface area contributed by atoms with Crippen molar-refractivity contribution < 1.29 is 23.8 Å². The van der Waals surface area contributed by atoms with Crippen molar-refractivity contribution in [3.05, 3.63) is 22.8 Å². The van der Waals surface area contributed by atoms with Crippen LogP contribution in [0, 0.1) is 5.92 Å². The molecule has 2 aliphatic rings. The number of rotatable bonds is 5. The van der Waals surface area contributed by atoms with Crippen LogP contribution in [0.25, 0.3) is 0 Å². The Labute approximate surface area is 157 Å². The minimum atomic E-state index is -0.179. The summed E-state index contributed by atoms with van der Waals surface area (Å²) in [6.07, 6.45) is 3.44. The van der Waals surface area contributed by atoms with Crippen LogP contribution in [0.4, 0.5) is 0 Å². The van der Waals surface area contributed by atoms with Crippen molar-refractivity contribution >= 4 is 23.5 Å². The molecule has 0 saturated carbocycles. The van der Waals surface area contributed by atoms with Gasteiger partial charge >= 0.3 is 5.97 Å². The van der Waals surface area contributed by atoms with Gasteiger partial charge in [-0.2, -0.15) is 0 Å². The Kier molecular flexibility index (Phi) is 6.32. The van der Waals surface area contributed by atoms with Gasteiger partial charge in [0.25, 0.3) is 5.91 Å². The summed E-state index contributed by atoms with van der Waals surface area (Å²) in [6.45, 7) is 4.38. The molecule has 0 radical (unpaired) electrons. The third kappa shape index (κ3) is 4.45. The first-order chi connectivity index (χ1) is 12.6. The van der Waals surface area contributed by atoms with E-state index in [1.54, 1.807) is 17.9 Å². The molecule has 3 heterocycles. The Morgan fingerprint density at radius 2 is 2.12 bits per heavy atom. The van der Waals surface area contributed by atoms with E-state index in [2.05, 4.69) is 4.98 Å². The number of likely N-dealkylation sites (tertiary alicyclic amines) is 1. The van der Waals surface area contributed by atoms with Crippen LogP contribution in [-0.4, -0.2) is 60.8 Å². The largest absolute Gasteiger partial charge is 0.471 e. The van der Waals surface area contributed by atoms with Gasteiger partial charge in [-0.25, -0.2) is 4.98 Å². The fourth-order valence-electron chi connectivity index (χ4n) is 3.15. The zero-order valence-corrected chi connectivity index (χ0v) is 15.5. The number of carbonyl (C=O) groups excluding carboxylic acids is 2. The molecule has 1 aromatic heterocycles. The van der Waals surface area contributed by atoms with Crippen LogP contribution in [0.1, 0.15) is 36.5 Å². The quantitative estimate of drug-likeness (QED) is 0.727. The molecule has 0 spiro atoms. The Hall–Kier alpha value is -1.86. The van der Waals surface area contributed by atoms with Gasteiger partial charge < -0.3 is 19.1 Å². The van der Waals surface area contributed by atoms with Gasteiger partial charge in [0.05, 0.1) is 31.3 Å². The van der Waals surface area contributed by atoms with Crippen LogP contribution in [-0.2, 0) is 14.3 Å². The monoisotopic (exact) mass is 382 g/mol. The molecule has 0 aromatic carbocycles. The number of hydrogen-bond acceptors (Lipinski definition) is 6. The zero-order chi connectivity index (χ0) is 18.5. The second-order valence-electron chi connectivity index (χ2n) is 6.43. The van der Waals surface area contributed by atoms with E-state index in [0.29, 0.717) is 62.2 Å². The molecule has 7 nitrogen and oxygen atoms in total. The summed E-state index contributed by atoms with van der Waals surface area (Å²) in [5, 5.41) is 0.309. The molecule has 2 aliphatic heterocycles. The molecule has 2 saturated heterocycles. The van der Waals surface area contributed by atoms with Crippen molar-refractivity contribution in [3.63, 3.8) is 0 Å². The highest BCUT2D eigenvalue weighted by molar-refractivity contribution is 6.32. The molecule has 1 amide bonds. The number of ether oxygens (including phenoxy) is 3. The fraction of sp³-hybridized carbons (Fsp3) is 0.611. The number of amides is 1. The number of nitrogens with zero attached hydrogens (tertiary/aromatic N) is 2. The van der Waals surface area contributed by atoms with E-state index in [1.807, 2.05) is 0 Å². The number of hydrogen-bond donors (Lipinski definition) is 0. The summed E-state index contributed by atoms with van der Waals surface area (Å²) in [7, 11) is 0. The smallest absolute Gasteiger partial charge is 0.309 e. The summed E-state index contributed by atoms with van der Waals surface area (Å²) in [5.41, 5.74) is 0.416. The molecule has 0 bridgehead atoms. The number of piperidine rings is 1. The van der Waals surface area contributed by atoms with E-state index < -0.39 is 0 Å². The molecule has 2 fully saturated rings. The van der Waals surface area contributed by atoms with E-state index in [4.69, 9.17) is 25.8 Å². The molecule has 3 rings (SSSR count). The predicted octanol–water partition coefficient (Wildman–Crippen LogP) is 2.32. The van der Waals surface area contributed by atoms with Gasteiger partial charge in [-0.3, -0.25) is 9.59 Å². The van der Waals surface area contributed by atoms with Crippen LogP contribution in [0.2, 0.25) is 5.02 Å². The number of aromatic nitrogens is 1. The summed E-state index contributed by atoms with van der Waals surface area (Å²) < 4.78 is 16.0. The topological polar surface area (TPSA) is 78.0 Å². The van der Waals surface area contributed by atoms with Gasteiger partial charge in [0.15, 0.2) is 0 Å². The maximum atomic E-state index is 12.7. The average molecular weight is 383 g/mol. The Morgan fingerprint density at radius 1 is 1.35 bits per heavy atom. The van der Waals surface area contributed by atoms with Gasteiger partial charge in [0, 0.05) is 25.7 Å². The van der Waals surface area contributed by atoms with Crippen LogP contribution >= 0.6 is 11.6 Å². The molecule has 8 heteroatoms. The Bertz CT molecular complexity index is 655. The maximum absolute atomic E-state index is 12.7. The molecule has 1 atom stereocenters. The first-order valence-electron chi connectivity index (χ1n) is 8.94. The third-order valence-corrected chi connectivity index (χ3v) is 4.89. The molecular formula is C18H23ClN2O5. The summed E-state index contributed by atoms with van der Waals surface area (Å²) in [4.78, 5) is 30.4. The second-order valence-corrected chi connectivity index (χ2v) is 6.84. The molecule has 26 heavy (non-hydrogen) atoms. The highest BCUT2D eigenvalue weighted by Gasteiger charge is 2.29. The van der Waals surface area contributed by atoms with Crippen LogP contribution in [0.3, 0.4) is 0 Å². The average Bonchev–Trinajstić information content (AvgIpc) is 3.16. The van der Waals surface area contributed by atoms with Crippen molar-refractivity contribution in [2.75, 3.05) is 32.9 Å². The van der Waals surface area contributed by atoms with Crippen molar-refractivity contribution in [2.45, 2.75) is 32.3 Å². The van der Waals surface area contributed by atoms with Gasteiger partial charge in [0.2, 0.25) is 5.88 Å². The standard InChI is InChI=1S/C18H23ClN2O5/c1-2-25-18(23)12-3-6-21(7-4-12)17(22)13-9-15(19)16(20-10-13)26-14-5-8-24-11-14/h9-10,12,14H,2-8,11H2,1H3. The van der Waals surface area contributed by atoms with Gasteiger partial charge in [-0.1, -0.05) is 11.6 Å². The van der Waals surface area contributed by atoms with Crippen LogP contribution < -0.4 is 4.74 Å². The molecule has 0 N–H and O–H groups in total. The normalized spacial score (nSPS) is 20.8. The van der Waals surface area contributed by atoms with E-state index in [-0.39, 0.29) is 23.9 Å². The first kappa shape index (κ1) is 18.9. The molecule has 1 unspecified atom stereocenters. The van der Waals surface area contributed by atoms with E-state index >= 15 is 0 Å². The minimum absolute atomic E-state index is 0.0524. The predicted molar refractivity (Wildman–Crippen MR) is 94.4 cm³/mol. The van der Waals surface area contributed by atoms with Crippen LogP contribution in [0.15, 0.2) is 12.3 Å². The van der Waals surface area contributed by atoms with Crippen molar-refractivity contribution in [3.8, 4) is 5.88 Å². The van der Waals surface area contributed by atoms with Crippen molar-refractivity contribution in [1.82, 2.24) is 9.88 Å². The lowest BCUT2D eigenvalue weighted by Gasteiger charge is -2.31. The van der Waals surface area contributed by atoms with Gasteiger partial charge in [-0.15, -0.1) is 0 Å². The number of pyridine rings is 1. The third-order valence-electron chi connectivity index (χ3n) is 4.62. The first-order valence-corrected chi connectivity index (χ1v) is 9.32. The van der Waals surface area contributed by atoms with Gasteiger partial charge in [0.1, 0.15) is 11.1 Å². The maximum Gasteiger partial charge on any atom is 0.309 e. The molecule has 1 aromatic rings. The number of carbonyl (C=O) groups is 2. The number of esters is 1. The van der Waals surface area contributed by atoms with E-state index in [1.165, 1.54) is 6.20 Å². The highest BCUT2D eigenvalue weighted by atomic mass is 35.5. The zero-order valence-electron chi connectivity index (χ0n) is 14.8. The summed E-state index contributed by atoms with van der Waals surface area (Å²) in [5.74, 6) is -0.135. The van der Waals surface area contributed by atoms with Crippen molar-refractivity contribution in [2.24, 2.45) is 5.92 Å². The Morgan fingerprint density at radius 3 is 2.73 bits per heavy atom. The SMILES string of the molecule is CCOC(=O)C1CCN(C(=O)c2cnc(OC3CCOC3)c(Cl)c2)CC1. The molecule has 142 valence electrons. The van der Waals surface area contributed by atoms with E-state index in [9.17, 15) is 9.59 Å². The lowest BCUT2D eigenvalue weighted by atomic mass is 9.96. The van der Waals surface area contributed by atoms with Crippen LogP contribution in [0.5, 0.6) is 5.88 Å². The lowest BCUT2D eigenvalue weighted by Crippen LogP contribution is -2.40. The molecular weight excluding hydrogens is 360 g/mol. The summed E-state index contributed by atoms with van der Waals surface area (Å²) >= 11 is 6.23. The summed E-state index contributed by atoms with van der Waals surface area (Å²) in [6, 6.07) is 1.58. The fourth-order valence-corrected chi connectivity index (χ4v) is 3.36.